The number of hydrogen-bond acceptors (Lipinski definition) is 3. The molecule has 144 valence electrons. The number of benzene rings is 1. The number of pyridine rings is 1. The highest BCUT2D eigenvalue weighted by Crippen LogP contribution is 2.31. The third-order valence-electron chi connectivity index (χ3n) is 5.32. The lowest BCUT2D eigenvalue weighted by atomic mass is 9.96. The van der Waals surface area contributed by atoms with Gasteiger partial charge in [0.05, 0.1) is 17.2 Å². The first-order valence-corrected chi connectivity index (χ1v) is 9.68. The fourth-order valence-corrected chi connectivity index (χ4v) is 4.05. The standard InChI is InChI=1S/C22H24N4O2/c1-16(27)24-19-7-4-9-21-18(19)10-13-25(21)15-22(28)26-12-3-2-8-20(26)17-6-5-11-23-14-17/h4-7,9-11,13-14,20H,2-3,8,12,15H2,1H3,(H,24,27)/t20-/m0/s1. The Kier molecular flexibility index (Phi) is 5.10. The van der Waals surface area contributed by atoms with Crippen molar-refractivity contribution in [3.05, 3.63) is 60.6 Å². The van der Waals surface area contributed by atoms with Crippen LogP contribution in [0.2, 0.25) is 0 Å². The molecule has 1 N–H and O–H groups in total. The summed E-state index contributed by atoms with van der Waals surface area (Å²) >= 11 is 0. The molecule has 6 nitrogen and oxygen atoms in total. The van der Waals surface area contributed by atoms with Crippen LogP contribution in [0.4, 0.5) is 5.69 Å². The van der Waals surface area contributed by atoms with E-state index < -0.39 is 0 Å². The van der Waals surface area contributed by atoms with E-state index in [1.54, 1.807) is 6.20 Å². The van der Waals surface area contributed by atoms with Gasteiger partial charge >= 0.3 is 0 Å². The van der Waals surface area contributed by atoms with Gasteiger partial charge < -0.3 is 14.8 Å². The number of hydrogen-bond donors (Lipinski definition) is 1. The number of nitrogens with one attached hydrogen (secondary N) is 1. The van der Waals surface area contributed by atoms with Crippen LogP contribution < -0.4 is 5.32 Å². The number of rotatable bonds is 4. The summed E-state index contributed by atoms with van der Waals surface area (Å²) in [6.45, 7) is 2.55. The van der Waals surface area contributed by atoms with Crippen molar-refractivity contribution in [3.63, 3.8) is 0 Å². The monoisotopic (exact) mass is 376 g/mol. The van der Waals surface area contributed by atoms with Crippen molar-refractivity contribution in [2.24, 2.45) is 0 Å². The molecule has 0 unspecified atom stereocenters. The summed E-state index contributed by atoms with van der Waals surface area (Å²) in [5.41, 5.74) is 2.80. The van der Waals surface area contributed by atoms with Crippen LogP contribution in [-0.4, -0.2) is 32.8 Å². The summed E-state index contributed by atoms with van der Waals surface area (Å²) in [5.74, 6) is -0.0000567. The number of aromatic nitrogens is 2. The lowest BCUT2D eigenvalue weighted by Gasteiger charge is -2.36. The van der Waals surface area contributed by atoms with Crippen LogP contribution in [0.25, 0.3) is 10.9 Å². The van der Waals surface area contributed by atoms with Crippen LogP contribution in [0.1, 0.15) is 37.8 Å². The molecule has 3 heterocycles. The molecular weight excluding hydrogens is 352 g/mol. The SMILES string of the molecule is CC(=O)Nc1cccc2c1ccn2CC(=O)N1CCCC[C@H]1c1cccnc1. The van der Waals surface area contributed by atoms with Gasteiger partial charge in [-0.1, -0.05) is 12.1 Å². The Bertz CT molecular complexity index is 996. The van der Waals surface area contributed by atoms with E-state index in [2.05, 4.69) is 10.3 Å². The molecule has 1 aromatic carbocycles. The van der Waals surface area contributed by atoms with Crippen molar-refractivity contribution in [3.8, 4) is 0 Å². The molecule has 1 aliphatic heterocycles. The van der Waals surface area contributed by atoms with Gasteiger partial charge in [-0.25, -0.2) is 0 Å². The summed E-state index contributed by atoms with van der Waals surface area (Å²) in [4.78, 5) is 30.8. The maximum atomic E-state index is 13.2. The zero-order valence-electron chi connectivity index (χ0n) is 16.0. The fourth-order valence-electron chi connectivity index (χ4n) is 4.05. The van der Waals surface area contributed by atoms with E-state index in [4.69, 9.17) is 0 Å². The topological polar surface area (TPSA) is 67.2 Å². The zero-order chi connectivity index (χ0) is 19.5. The molecule has 1 saturated heterocycles. The Morgan fingerprint density at radius 3 is 2.86 bits per heavy atom. The summed E-state index contributed by atoms with van der Waals surface area (Å²) in [5, 5.41) is 3.79. The summed E-state index contributed by atoms with van der Waals surface area (Å²) in [7, 11) is 0. The predicted molar refractivity (Wildman–Crippen MR) is 109 cm³/mol. The second-order valence-electron chi connectivity index (χ2n) is 7.25. The minimum Gasteiger partial charge on any atom is -0.338 e. The molecule has 1 atom stereocenters. The molecule has 2 amide bonds. The highest BCUT2D eigenvalue weighted by Gasteiger charge is 2.28. The first-order chi connectivity index (χ1) is 13.6. The second-order valence-corrected chi connectivity index (χ2v) is 7.25. The van der Waals surface area contributed by atoms with Crippen molar-refractivity contribution in [1.29, 1.82) is 0 Å². The van der Waals surface area contributed by atoms with E-state index in [0.29, 0.717) is 0 Å². The molecule has 28 heavy (non-hydrogen) atoms. The van der Waals surface area contributed by atoms with Gasteiger partial charge in [0.2, 0.25) is 11.8 Å². The van der Waals surface area contributed by atoms with Crippen LogP contribution in [0.3, 0.4) is 0 Å². The largest absolute Gasteiger partial charge is 0.338 e. The van der Waals surface area contributed by atoms with Gasteiger partial charge in [0.25, 0.3) is 0 Å². The average Bonchev–Trinajstić information content (AvgIpc) is 3.12. The number of piperidine rings is 1. The lowest BCUT2D eigenvalue weighted by Crippen LogP contribution is -2.40. The van der Waals surface area contributed by atoms with E-state index in [0.717, 1.165) is 48.0 Å². The minimum atomic E-state index is -0.107. The number of amides is 2. The van der Waals surface area contributed by atoms with Crippen molar-refractivity contribution < 1.29 is 9.59 Å². The summed E-state index contributed by atoms with van der Waals surface area (Å²) < 4.78 is 1.96. The van der Waals surface area contributed by atoms with Crippen molar-refractivity contribution in [2.45, 2.75) is 38.8 Å². The van der Waals surface area contributed by atoms with Crippen LogP contribution in [-0.2, 0) is 16.1 Å². The van der Waals surface area contributed by atoms with Gasteiger partial charge in [0.1, 0.15) is 6.54 Å². The highest BCUT2D eigenvalue weighted by molar-refractivity contribution is 6.01. The molecule has 0 bridgehead atoms. The second kappa shape index (κ2) is 7.84. The quantitative estimate of drug-likeness (QED) is 0.754. The summed E-state index contributed by atoms with van der Waals surface area (Å²) in [6, 6.07) is 11.8. The molecule has 0 radical (unpaired) electrons. The summed E-state index contributed by atoms with van der Waals surface area (Å²) in [6.07, 6.45) is 8.66. The van der Waals surface area contributed by atoms with Crippen molar-refractivity contribution >= 4 is 28.4 Å². The van der Waals surface area contributed by atoms with Gasteiger partial charge in [-0.2, -0.15) is 0 Å². The average molecular weight is 376 g/mol. The minimum absolute atomic E-state index is 0.0896. The van der Waals surface area contributed by atoms with Gasteiger partial charge in [0.15, 0.2) is 0 Å². The third kappa shape index (κ3) is 3.63. The first kappa shape index (κ1) is 18.2. The number of anilines is 1. The zero-order valence-corrected chi connectivity index (χ0v) is 16.0. The smallest absolute Gasteiger partial charge is 0.243 e. The molecular formula is C22H24N4O2. The van der Waals surface area contributed by atoms with E-state index in [9.17, 15) is 9.59 Å². The van der Waals surface area contributed by atoms with E-state index in [1.807, 2.05) is 58.3 Å². The molecule has 2 aromatic heterocycles. The lowest BCUT2D eigenvalue weighted by molar-refractivity contribution is -0.135. The Morgan fingerprint density at radius 1 is 1.18 bits per heavy atom. The Labute approximate surface area is 164 Å². The molecule has 0 aliphatic carbocycles. The molecule has 6 heteroatoms. The Balaban J connectivity index is 1.58. The fraction of sp³-hybridized carbons (Fsp3) is 0.318. The van der Waals surface area contributed by atoms with E-state index >= 15 is 0 Å². The van der Waals surface area contributed by atoms with Crippen LogP contribution in [0, 0.1) is 0 Å². The van der Waals surface area contributed by atoms with Crippen molar-refractivity contribution in [1.82, 2.24) is 14.5 Å². The molecule has 0 spiro atoms. The van der Waals surface area contributed by atoms with E-state index in [1.165, 1.54) is 6.92 Å². The number of carbonyl (C=O) groups excluding carboxylic acids is 2. The maximum Gasteiger partial charge on any atom is 0.243 e. The molecule has 1 fully saturated rings. The normalized spacial score (nSPS) is 16.9. The molecule has 1 aliphatic rings. The molecule has 0 saturated carbocycles. The Hall–Kier alpha value is -3.15. The van der Waals surface area contributed by atoms with Crippen LogP contribution in [0.15, 0.2) is 55.0 Å². The van der Waals surface area contributed by atoms with Crippen molar-refractivity contribution in [2.75, 3.05) is 11.9 Å². The number of fused-ring (bicyclic) bond motifs is 1. The predicted octanol–water partition coefficient (Wildman–Crippen LogP) is 3.75. The third-order valence-corrected chi connectivity index (χ3v) is 5.32. The Morgan fingerprint density at radius 2 is 2.07 bits per heavy atom. The van der Waals surface area contributed by atoms with Gasteiger partial charge in [-0.15, -0.1) is 0 Å². The van der Waals surface area contributed by atoms with Gasteiger partial charge in [-0.3, -0.25) is 14.6 Å². The van der Waals surface area contributed by atoms with Gasteiger partial charge in [0, 0.05) is 37.4 Å². The molecule has 4 rings (SSSR count). The number of likely N-dealkylation sites (tertiary alicyclic amines) is 1. The van der Waals surface area contributed by atoms with Crippen LogP contribution in [0.5, 0.6) is 0 Å². The highest BCUT2D eigenvalue weighted by atomic mass is 16.2. The van der Waals surface area contributed by atoms with E-state index in [-0.39, 0.29) is 24.4 Å². The first-order valence-electron chi connectivity index (χ1n) is 9.68. The molecule has 3 aromatic rings. The van der Waals surface area contributed by atoms with Crippen LogP contribution >= 0.6 is 0 Å². The number of carbonyl (C=O) groups is 2. The maximum absolute atomic E-state index is 13.2. The number of nitrogens with zero attached hydrogens (tertiary/aromatic N) is 3. The van der Waals surface area contributed by atoms with Gasteiger partial charge in [-0.05, 0) is 49.1 Å².